The highest BCUT2D eigenvalue weighted by molar-refractivity contribution is 7.85. The van der Waals surface area contributed by atoms with Crippen molar-refractivity contribution in [3.63, 3.8) is 0 Å². The Bertz CT molecular complexity index is 1150. The third-order valence-corrected chi connectivity index (χ3v) is 8.33. The number of carbonyl (C=O) groups excluding carboxylic acids is 2. The number of pyridine rings is 1. The van der Waals surface area contributed by atoms with Gasteiger partial charge in [-0.2, -0.15) is 13.2 Å². The standard InChI is InChI=1S/C21H22ClF3N4O3S/c22-18-17(26-19-15(21(23,24)25)9-13(10-29(18)19)12-1-2-12)20(31)27-5-6-28(16(30)11-27)14-3-7-33(32)8-4-14/h9-10,12,14H,1-8,11H2. The van der Waals surface area contributed by atoms with Crippen LogP contribution in [0.3, 0.4) is 0 Å². The van der Waals surface area contributed by atoms with Crippen molar-refractivity contribution in [3.8, 4) is 0 Å². The van der Waals surface area contributed by atoms with E-state index >= 15 is 0 Å². The second kappa shape index (κ2) is 8.26. The number of hydrogen-bond donors (Lipinski definition) is 0. The molecule has 0 aromatic carbocycles. The molecule has 2 amide bonds. The number of amides is 2. The fourth-order valence-corrected chi connectivity index (χ4v) is 6.14. The van der Waals surface area contributed by atoms with Crippen molar-refractivity contribution in [3.05, 3.63) is 34.2 Å². The summed E-state index contributed by atoms with van der Waals surface area (Å²) in [5.74, 6) is 0.258. The molecule has 2 saturated heterocycles. The summed E-state index contributed by atoms with van der Waals surface area (Å²) in [6.45, 7) is 0.350. The van der Waals surface area contributed by atoms with Gasteiger partial charge >= 0.3 is 6.18 Å². The fourth-order valence-electron chi connectivity index (χ4n) is 4.61. The molecule has 0 spiro atoms. The number of carbonyl (C=O) groups is 2. The Morgan fingerprint density at radius 2 is 1.85 bits per heavy atom. The molecule has 33 heavy (non-hydrogen) atoms. The van der Waals surface area contributed by atoms with E-state index in [1.807, 2.05) is 0 Å². The highest BCUT2D eigenvalue weighted by Crippen LogP contribution is 2.43. The van der Waals surface area contributed by atoms with Crippen LogP contribution in [0.4, 0.5) is 13.2 Å². The number of halogens is 4. The van der Waals surface area contributed by atoms with E-state index < -0.39 is 34.1 Å². The number of imidazole rings is 1. The summed E-state index contributed by atoms with van der Waals surface area (Å²) in [6.07, 6.45) is -0.187. The lowest BCUT2D eigenvalue weighted by Gasteiger charge is -2.40. The van der Waals surface area contributed by atoms with Gasteiger partial charge in [-0.05, 0) is 43.2 Å². The maximum atomic E-state index is 13.7. The van der Waals surface area contributed by atoms with E-state index in [2.05, 4.69) is 4.98 Å². The lowest BCUT2D eigenvalue weighted by atomic mass is 10.1. The number of hydrogen-bond acceptors (Lipinski definition) is 4. The van der Waals surface area contributed by atoms with Crippen LogP contribution in [-0.4, -0.2) is 72.4 Å². The molecule has 7 nitrogen and oxygen atoms in total. The molecule has 2 aromatic rings. The minimum atomic E-state index is -4.65. The fraction of sp³-hybridized carbons (Fsp3) is 0.571. The highest BCUT2D eigenvalue weighted by atomic mass is 35.5. The lowest BCUT2D eigenvalue weighted by Crippen LogP contribution is -2.56. The van der Waals surface area contributed by atoms with Gasteiger partial charge in [0.15, 0.2) is 11.3 Å². The van der Waals surface area contributed by atoms with Crippen molar-refractivity contribution in [1.29, 1.82) is 0 Å². The van der Waals surface area contributed by atoms with Crippen molar-refractivity contribution in [2.45, 2.75) is 43.8 Å². The average molecular weight is 503 g/mol. The molecular weight excluding hydrogens is 481 g/mol. The number of nitrogens with zero attached hydrogens (tertiary/aromatic N) is 4. The Kier molecular flexibility index (Phi) is 5.67. The topological polar surface area (TPSA) is 75.0 Å². The van der Waals surface area contributed by atoms with Crippen molar-refractivity contribution in [2.75, 3.05) is 31.1 Å². The molecule has 2 aliphatic heterocycles. The van der Waals surface area contributed by atoms with Gasteiger partial charge in [0, 0.05) is 47.6 Å². The molecule has 1 saturated carbocycles. The first-order valence-corrected chi connectivity index (χ1v) is 12.7. The predicted molar refractivity (Wildman–Crippen MR) is 116 cm³/mol. The minimum absolute atomic E-state index is 0.00132. The molecule has 0 bridgehead atoms. The molecule has 4 heterocycles. The van der Waals surface area contributed by atoms with Gasteiger partial charge in [0.25, 0.3) is 5.91 Å². The number of rotatable bonds is 3. The molecular formula is C21H22ClF3N4O3S. The number of fused-ring (bicyclic) bond motifs is 1. The predicted octanol–water partition coefficient (Wildman–Crippen LogP) is 3.08. The summed E-state index contributed by atoms with van der Waals surface area (Å²) in [4.78, 5) is 32.8. The Balaban J connectivity index is 1.40. The zero-order valence-corrected chi connectivity index (χ0v) is 19.2. The van der Waals surface area contributed by atoms with Crippen LogP contribution >= 0.6 is 11.6 Å². The van der Waals surface area contributed by atoms with Crippen molar-refractivity contribution >= 4 is 39.9 Å². The first kappa shape index (κ1) is 22.6. The SMILES string of the molecule is O=C(c1nc2c(C(F)(F)F)cc(C3CC3)cn2c1Cl)N1CCN(C2CCS(=O)CC2)C(=O)C1. The van der Waals surface area contributed by atoms with Gasteiger partial charge in [-0.25, -0.2) is 4.98 Å². The van der Waals surface area contributed by atoms with Crippen molar-refractivity contribution < 1.29 is 27.0 Å². The molecule has 0 N–H and O–H groups in total. The highest BCUT2D eigenvalue weighted by Gasteiger charge is 2.39. The van der Waals surface area contributed by atoms with E-state index in [4.69, 9.17) is 11.6 Å². The van der Waals surface area contributed by atoms with Crippen LogP contribution in [0.2, 0.25) is 5.15 Å². The molecule has 0 unspecified atom stereocenters. The number of aromatic nitrogens is 2. The van der Waals surface area contributed by atoms with E-state index in [-0.39, 0.29) is 41.8 Å². The smallest absolute Gasteiger partial charge is 0.336 e. The maximum absolute atomic E-state index is 13.7. The van der Waals surface area contributed by atoms with Crippen LogP contribution < -0.4 is 0 Å². The third-order valence-electron chi connectivity index (χ3n) is 6.58. The molecule has 178 valence electrons. The third kappa shape index (κ3) is 4.25. The molecule has 5 rings (SSSR count). The van der Waals surface area contributed by atoms with Gasteiger partial charge in [0.1, 0.15) is 11.7 Å². The van der Waals surface area contributed by atoms with Gasteiger partial charge in [-0.1, -0.05) is 11.6 Å². The Hall–Kier alpha value is -2.14. The second-order valence-corrected chi connectivity index (χ2v) is 10.9. The molecule has 3 aliphatic rings. The Labute approximate surface area is 195 Å². The zero-order valence-electron chi connectivity index (χ0n) is 17.6. The summed E-state index contributed by atoms with van der Waals surface area (Å²) < 4.78 is 53.9. The van der Waals surface area contributed by atoms with Gasteiger partial charge in [0.2, 0.25) is 5.91 Å². The largest absolute Gasteiger partial charge is 0.419 e. The van der Waals surface area contributed by atoms with Gasteiger partial charge < -0.3 is 9.80 Å². The molecule has 12 heteroatoms. The summed E-state index contributed by atoms with van der Waals surface area (Å²) in [6, 6.07) is 1.09. The molecule has 2 aromatic heterocycles. The summed E-state index contributed by atoms with van der Waals surface area (Å²) in [7, 11) is -0.844. The van der Waals surface area contributed by atoms with Gasteiger partial charge in [0.05, 0.1) is 5.56 Å². The zero-order chi connectivity index (χ0) is 23.5. The van der Waals surface area contributed by atoms with E-state index in [0.717, 1.165) is 23.3 Å². The lowest BCUT2D eigenvalue weighted by molar-refractivity contribution is -0.138. The molecule has 0 radical (unpaired) electrons. The number of piperazine rings is 1. The molecule has 0 atom stereocenters. The van der Waals surface area contributed by atoms with E-state index in [1.165, 1.54) is 11.1 Å². The van der Waals surface area contributed by atoms with E-state index in [9.17, 15) is 27.0 Å². The summed E-state index contributed by atoms with van der Waals surface area (Å²) in [5, 5.41) is -0.187. The van der Waals surface area contributed by atoms with Gasteiger partial charge in [-0.15, -0.1) is 0 Å². The summed E-state index contributed by atoms with van der Waals surface area (Å²) >= 11 is 6.35. The van der Waals surface area contributed by atoms with Crippen LogP contribution in [0.25, 0.3) is 5.65 Å². The second-order valence-electron chi connectivity index (χ2n) is 8.80. The van der Waals surface area contributed by atoms with Crippen LogP contribution in [0.15, 0.2) is 12.3 Å². The quantitative estimate of drug-likeness (QED) is 0.646. The van der Waals surface area contributed by atoms with Crippen LogP contribution in [0.1, 0.15) is 53.2 Å². The molecule has 3 fully saturated rings. The average Bonchev–Trinajstić information content (AvgIpc) is 3.57. The Morgan fingerprint density at radius 1 is 1.15 bits per heavy atom. The van der Waals surface area contributed by atoms with E-state index in [1.54, 1.807) is 4.90 Å². The van der Waals surface area contributed by atoms with Crippen LogP contribution in [0, 0.1) is 0 Å². The van der Waals surface area contributed by atoms with Crippen LogP contribution in [-0.2, 0) is 21.8 Å². The maximum Gasteiger partial charge on any atom is 0.419 e. The number of alkyl halides is 3. The summed E-state index contributed by atoms with van der Waals surface area (Å²) in [5.41, 5.74) is -1.11. The Morgan fingerprint density at radius 3 is 2.45 bits per heavy atom. The first-order valence-electron chi connectivity index (χ1n) is 10.9. The van der Waals surface area contributed by atoms with Crippen molar-refractivity contribution in [2.24, 2.45) is 0 Å². The molecule has 1 aliphatic carbocycles. The van der Waals surface area contributed by atoms with Crippen molar-refractivity contribution in [1.82, 2.24) is 19.2 Å². The first-order chi connectivity index (χ1) is 15.6. The van der Waals surface area contributed by atoms with E-state index in [0.29, 0.717) is 36.5 Å². The normalized spacial score (nSPS) is 24.5. The van der Waals surface area contributed by atoms with Gasteiger partial charge in [-0.3, -0.25) is 18.2 Å². The minimum Gasteiger partial charge on any atom is -0.336 e. The monoisotopic (exact) mass is 502 g/mol. The van der Waals surface area contributed by atoms with Crippen LogP contribution in [0.5, 0.6) is 0 Å².